The number of hydrogen-bond acceptors (Lipinski definition) is 8. The molecule has 0 aliphatic carbocycles. The number of amides is 2. The first kappa shape index (κ1) is 25.2. The summed E-state index contributed by atoms with van der Waals surface area (Å²) < 4.78 is 20.8. The van der Waals surface area contributed by atoms with Gasteiger partial charge in [-0.2, -0.15) is 10.2 Å². The molecule has 2 aromatic carbocycles. The number of nitrogens with one attached hydrogen (secondary N) is 2. The number of ether oxygens (including phenoxy) is 4. The van der Waals surface area contributed by atoms with Crippen LogP contribution in [0.5, 0.6) is 23.0 Å². The van der Waals surface area contributed by atoms with E-state index in [1.807, 2.05) is 0 Å². The molecule has 176 valence electrons. The topological polar surface area (TPSA) is 120 Å². The van der Waals surface area contributed by atoms with E-state index < -0.39 is 17.7 Å². The van der Waals surface area contributed by atoms with E-state index in [1.165, 1.54) is 40.9 Å². The van der Waals surface area contributed by atoms with Crippen LogP contribution in [0.2, 0.25) is 0 Å². The molecular weight excluding hydrogens is 428 g/mol. The largest absolute Gasteiger partial charge is 0.497 e. The van der Waals surface area contributed by atoms with Gasteiger partial charge >= 0.3 is 0 Å². The summed E-state index contributed by atoms with van der Waals surface area (Å²) in [5.74, 6) is 0.246. The second-order valence-corrected chi connectivity index (χ2v) is 6.72. The van der Waals surface area contributed by atoms with Gasteiger partial charge in [-0.15, -0.1) is 0 Å². The first-order valence-electron chi connectivity index (χ1n) is 10.1. The van der Waals surface area contributed by atoms with Crippen molar-refractivity contribution in [3.05, 3.63) is 47.5 Å². The highest BCUT2D eigenvalue weighted by atomic mass is 16.5. The van der Waals surface area contributed by atoms with Crippen molar-refractivity contribution in [1.29, 1.82) is 0 Å². The molecule has 0 aliphatic heterocycles. The van der Waals surface area contributed by atoms with Crippen molar-refractivity contribution in [3.8, 4) is 23.0 Å². The van der Waals surface area contributed by atoms with E-state index in [-0.39, 0.29) is 6.42 Å². The van der Waals surface area contributed by atoms with Crippen molar-refractivity contribution < 1.29 is 28.5 Å². The number of rotatable bonds is 11. The first-order chi connectivity index (χ1) is 15.9. The minimum absolute atomic E-state index is 0.267. The van der Waals surface area contributed by atoms with Gasteiger partial charge in [0.2, 0.25) is 0 Å². The van der Waals surface area contributed by atoms with Crippen LogP contribution in [0.25, 0.3) is 0 Å². The van der Waals surface area contributed by atoms with Crippen LogP contribution in [0.4, 0.5) is 0 Å². The van der Waals surface area contributed by atoms with Gasteiger partial charge in [-0.25, -0.2) is 10.9 Å². The summed E-state index contributed by atoms with van der Waals surface area (Å²) in [6.07, 6.45) is 3.13. The molecule has 0 aromatic heterocycles. The second-order valence-electron chi connectivity index (χ2n) is 6.72. The minimum Gasteiger partial charge on any atom is -0.497 e. The Labute approximate surface area is 192 Å². The first-order valence-corrected chi connectivity index (χ1v) is 10.1. The van der Waals surface area contributed by atoms with E-state index in [1.54, 1.807) is 43.3 Å². The molecule has 0 unspecified atom stereocenters. The van der Waals surface area contributed by atoms with Crippen molar-refractivity contribution in [2.24, 2.45) is 16.1 Å². The van der Waals surface area contributed by atoms with E-state index in [9.17, 15) is 9.59 Å². The average molecular weight is 456 g/mol. The van der Waals surface area contributed by atoms with Gasteiger partial charge in [0, 0.05) is 23.3 Å². The number of hydrogen-bond donors (Lipinski definition) is 2. The van der Waals surface area contributed by atoms with Crippen molar-refractivity contribution >= 4 is 24.2 Å². The summed E-state index contributed by atoms with van der Waals surface area (Å²) in [6, 6.07) is 10.3. The summed E-state index contributed by atoms with van der Waals surface area (Å²) in [5.41, 5.74) is 6.07. The maximum absolute atomic E-state index is 12.4. The van der Waals surface area contributed by atoms with Crippen LogP contribution in [0, 0.1) is 5.92 Å². The molecular formula is C23H28N4O6. The maximum atomic E-state index is 12.4. The monoisotopic (exact) mass is 456 g/mol. The van der Waals surface area contributed by atoms with Gasteiger partial charge in [-0.05, 0) is 30.7 Å². The molecule has 0 fully saturated rings. The zero-order valence-corrected chi connectivity index (χ0v) is 19.2. The summed E-state index contributed by atoms with van der Waals surface area (Å²) >= 11 is 0. The van der Waals surface area contributed by atoms with Crippen LogP contribution >= 0.6 is 0 Å². The molecule has 0 radical (unpaired) electrons. The van der Waals surface area contributed by atoms with E-state index in [0.717, 1.165) is 0 Å². The lowest BCUT2D eigenvalue weighted by molar-refractivity contribution is -0.135. The number of methoxy groups -OCH3 is 4. The molecule has 10 nitrogen and oxygen atoms in total. The van der Waals surface area contributed by atoms with Crippen molar-refractivity contribution in [2.75, 3.05) is 28.4 Å². The lowest BCUT2D eigenvalue weighted by Gasteiger charge is -2.11. The predicted molar refractivity (Wildman–Crippen MR) is 124 cm³/mol. The quantitative estimate of drug-likeness (QED) is 0.304. The predicted octanol–water partition coefficient (Wildman–Crippen LogP) is 2.35. The molecule has 0 heterocycles. The standard InChI is InChI=1S/C23H28N4O6/c1-6-21(22(28)26-24-13-15-7-17(30-2)11-18(8-15)31-3)23(29)27-25-14-16-9-19(32-4)12-20(10-16)33-5/h7-14,21H,6H2,1-5H3,(H,26,28)(H,27,29)/b24-13-,25-14-. The third kappa shape index (κ3) is 7.53. The van der Waals surface area contributed by atoms with Crippen LogP contribution in [-0.4, -0.2) is 52.7 Å². The molecule has 2 amide bonds. The average Bonchev–Trinajstić information content (AvgIpc) is 2.83. The third-order valence-corrected chi connectivity index (χ3v) is 4.57. The molecule has 0 spiro atoms. The highest BCUT2D eigenvalue weighted by molar-refractivity contribution is 6.00. The molecule has 33 heavy (non-hydrogen) atoms. The zero-order valence-electron chi connectivity index (χ0n) is 19.2. The molecule has 0 saturated heterocycles. The van der Waals surface area contributed by atoms with Crippen molar-refractivity contribution in [2.45, 2.75) is 13.3 Å². The third-order valence-electron chi connectivity index (χ3n) is 4.57. The van der Waals surface area contributed by atoms with Crippen LogP contribution in [-0.2, 0) is 9.59 Å². The molecule has 10 heteroatoms. The van der Waals surface area contributed by atoms with Gasteiger partial charge < -0.3 is 18.9 Å². The normalized spacial score (nSPS) is 11.0. The molecule has 0 aliphatic rings. The summed E-state index contributed by atoms with van der Waals surface area (Å²) in [6.45, 7) is 1.72. The SMILES string of the molecule is CCC(C(=O)N/N=C\c1cc(OC)cc(OC)c1)C(=O)N/N=C\c1cc(OC)cc(OC)c1. The Balaban J connectivity index is 1.99. The molecule has 2 aromatic rings. The zero-order chi connectivity index (χ0) is 24.2. The highest BCUT2D eigenvalue weighted by Crippen LogP contribution is 2.22. The van der Waals surface area contributed by atoms with Crippen LogP contribution in [0.1, 0.15) is 24.5 Å². The molecule has 0 atom stereocenters. The molecule has 2 rings (SSSR count). The van der Waals surface area contributed by atoms with Gasteiger partial charge in [0.1, 0.15) is 28.9 Å². The molecule has 2 N–H and O–H groups in total. The molecule has 0 saturated carbocycles. The Hall–Kier alpha value is -4.08. The lowest BCUT2D eigenvalue weighted by Crippen LogP contribution is -2.37. The van der Waals surface area contributed by atoms with Gasteiger partial charge in [0.25, 0.3) is 11.8 Å². The molecule has 0 bridgehead atoms. The van der Waals surface area contributed by atoms with Gasteiger partial charge in [-0.3, -0.25) is 9.59 Å². The number of benzene rings is 2. The highest BCUT2D eigenvalue weighted by Gasteiger charge is 2.24. The second kappa shape index (κ2) is 12.7. The summed E-state index contributed by atoms with van der Waals surface area (Å²) in [5, 5.41) is 7.86. The fourth-order valence-corrected chi connectivity index (χ4v) is 2.79. The Morgan fingerprint density at radius 1 is 0.727 bits per heavy atom. The number of carbonyl (C=O) groups is 2. The fourth-order valence-electron chi connectivity index (χ4n) is 2.79. The minimum atomic E-state index is -0.973. The smallest absolute Gasteiger partial charge is 0.252 e. The fraction of sp³-hybridized carbons (Fsp3) is 0.304. The van der Waals surface area contributed by atoms with E-state index in [2.05, 4.69) is 21.1 Å². The van der Waals surface area contributed by atoms with Crippen molar-refractivity contribution in [1.82, 2.24) is 10.9 Å². The number of hydrazone groups is 2. The lowest BCUT2D eigenvalue weighted by atomic mass is 10.1. The Kier molecular flexibility index (Phi) is 9.69. The Morgan fingerprint density at radius 3 is 1.33 bits per heavy atom. The summed E-state index contributed by atoms with van der Waals surface area (Å²) in [7, 11) is 6.15. The van der Waals surface area contributed by atoms with Crippen LogP contribution < -0.4 is 29.8 Å². The van der Waals surface area contributed by atoms with Crippen LogP contribution in [0.15, 0.2) is 46.6 Å². The van der Waals surface area contributed by atoms with Crippen molar-refractivity contribution in [3.63, 3.8) is 0 Å². The Morgan fingerprint density at radius 2 is 1.06 bits per heavy atom. The van der Waals surface area contributed by atoms with E-state index in [4.69, 9.17) is 18.9 Å². The maximum Gasteiger partial charge on any atom is 0.252 e. The Bertz CT molecular complexity index is 898. The number of nitrogens with zero attached hydrogens (tertiary/aromatic N) is 2. The van der Waals surface area contributed by atoms with E-state index >= 15 is 0 Å². The van der Waals surface area contributed by atoms with E-state index in [0.29, 0.717) is 34.1 Å². The van der Waals surface area contributed by atoms with Crippen LogP contribution in [0.3, 0.4) is 0 Å². The number of carbonyl (C=O) groups excluding carboxylic acids is 2. The van der Waals surface area contributed by atoms with Gasteiger partial charge in [0.15, 0.2) is 0 Å². The van der Waals surface area contributed by atoms with Gasteiger partial charge in [-0.1, -0.05) is 6.92 Å². The van der Waals surface area contributed by atoms with Gasteiger partial charge in [0.05, 0.1) is 40.9 Å². The summed E-state index contributed by atoms with van der Waals surface area (Å²) in [4.78, 5) is 24.9.